The molecule has 1 aromatic heterocycles. The number of carbonyl (C=O) groups is 1. The molecule has 4 rings (SSSR count). The first-order valence-electron chi connectivity index (χ1n) is 9.88. The number of methoxy groups -OCH3 is 1. The van der Waals surface area contributed by atoms with Crippen molar-refractivity contribution in [2.75, 3.05) is 20.2 Å². The van der Waals surface area contributed by atoms with Crippen LogP contribution in [-0.2, 0) is 24.1 Å². The molecule has 2 aliphatic rings. The summed E-state index contributed by atoms with van der Waals surface area (Å²) in [6, 6.07) is 7.97. The summed E-state index contributed by atoms with van der Waals surface area (Å²) in [5.41, 5.74) is 11.2. The van der Waals surface area contributed by atoms with Gasteiger partial charge >= 0.3 is 0 Å². The van der Waals surface area contributed by atoms with E-state index in [2.05, 4.69) is 10.2 Å². The number of nitrogens with zero attached hydrogens (tertiary/aromatic N) is 2. The van der Waals surface area contributed by atoms with Gasteiger partial charge < -0.3 is 15.4 Å². The Morgan fingerprint density at radius 2 is 2.04 bits per heavy atom. The van der Waals surface area contributed by atoms with Crippen LogP contribution in [0.1, 0.15) is 47.7 Å². The Bertz CT molecular complexity index is 799. The Labute approximate surface area is 160 Å². The van der Waals surface area contributed by atoms with Crippen molar-refractivity contribution in [1.82, 2.24) is 15.1 Å². The van der Waals surface area contributed by atoms with Crippen LogP contribution in [0.3, 0.4) is 0 Å². The van der Waals surface area contributed by atoms with E-state index in [-0.39, 0.29) is 17.9 Å². The average Bonchev–Trinajstić information content (AvgIpc) is 3.30. The molecule has 0 bridgehead atoms. The van der Waals surface area contributed by atoms with Crippen LogP contribution in [0.2, 0.25) is 0 Å². The SMILES string of the molecule is COc1ccc([C@H]2CN(C(=O)CCc3n[nH]c4c3CCCC4)C[C@@H]2N)cc1. The molecule has 1 aromatic carbocycles. The van der Waals surface area contributed by atoms with Crippen molar-refractivity contribution in [3.8, 4) is 5.75 Å². The number of nitrogens with two attached hydrogens (primary N) is 1. The molecule has 0 saturated carbocycles. The number of carbonyl (C=O) groups excluding carboxylic acids is 1. The number of H-pyrrole nitrogens is 1. The predicted octanol–water partition coefficient (Wildman–Crippen LogP) is 2.18. The highest BCUT2D eigenvalue weighted by Crippen LogP contribution is 2.29. The molecule has 1 saturated heterocycles. The highest BCUT2D eigenvalue weighted by atomic mass is 16.5. The second-order valence-corrected chi connectivity index (χ2v) is 7.68. The van der Waals surface area contributed by atoms with E-state index >= 15 is 0 Å². The average molecular weight is 368 g/mol. The molecule has 144 valence electrons. The molecular formula is C21H28N4O2. The van der Waals surface area contributed by atoms with Gasteiger partial charge in [-0.05, 0) is 48.9 Å². The Morgan fingerprint density at radius 3 is 2.81 bits per heavy atom. The fraction of sp³-hybridized carbons (Fsp3) is 0.524. The first-order chi connectivity index (χ1) is 13.2. The van der Waals surface area contributed by atoms with E-state index in [0.29, 0.717) is 25.9 Å². The molecule has 1 fully saturated rings. The van der Waals surface area contributed by atoms with Crippen LogP contribution in [0.15, 0.2) is 24.3 Å². The lowest BCUT2D eigenvalue weighted by Gasteiger charge is -2.17. The molecule has 2 heterocycles. The summed E-state index contributed by atoms with van der Waals surface area (Å²) in [6.07, 6.45) is 5.83. The summed E-state index contributed by atoms with van der Waals surface area (Å²) in [5, 5.41) is 7.62. The summed E-state index contributed by atoms with van der Waals surface area (Å²) >= 11 is 0. The molecule has 2 aromatic rings. The summed E-state index contributed by atoms with van der Waals surface area (Å²) in [6.45, 7) is 1.30. The standard InChI is InChI=1S/C21H28N4O2/c1-27-15-8-6-14(7-9-15)17-12-25(13-18(17)22)21(26)11-10-20-16-4-2-3-5-19(16)23-24-20/h6-9,17-18H,2-5,10-13,22H2,1H3,(H,23,24)/t17-,18+/m1/s1. The molecule has 1 aliphatic carbocycles. The lowest BCUT2D eigenvalue weighted by Crippen LogP contribution is -2.32. The van der Waals surface area contributed by atoms with Gasteiger partial charge in [-0.1, -0.05) is 12.1 Å². The molecule has 6 heteroatoms. The zero-order chi connectivity index (χ0) is 18.8. The first-order valence-corrected chi connectivity index (χ1v) is 9.88. The lowest BCUT2D eigenvalue weighted by atomic mass is 9.94. The van der Waals surface area contributed by atoms with Crippen LogP contribution in [0, 0.1) is 0 Å². The zero-order valence-electron chi connectivity index (χ0n) is 15.9. The zero-order valence-corrected chi connectivity index (χ0v) is 15.9. The van der Waals surface area contributed by atoms with E-state index in [4.69, 9.17) is 10.5 Å². The molecule has 1 aliphatic heterocycles. The first kappa shape index (κ1) is 18.0. The van der Waals surface area contributed by atoms with Gasteiger partial charge in [-0.2, -0.15) is 5.10 Å². The van der Waals surface area contributed by atoms with Crippen LogP contribution >= 0.6 is 0 Å². The number of amides is 1. The van der Waals surface area contributed by atoms with Gasteiger partial charge in [0.05, 0.1) is 12.8 Å². The Morgan fingerprint density at radius 1 is 1.26 bits per heavy atom. The van der Waals surface area contributed by atoms with Crippen LogP contribution in [0.4, 0.5) is 0 Å². The Kier molecular flexibility index (Phi) is 5.16. The summed E-state index contributed by atoms with van der Waals surface area (Å²) in [7, 11) is 1.66. The maximum Gasteiger partial charge on any atom is 0.223 e. The minimum absolute atomic E-state index is 0.0273. The van der Waals surface area contributed by atoms with E-state index < -0.39 is 0 Å². The summed E-state index contributed by atoms with van der Waals surface area (Å²) < 4.78 is 5.22. The molecule has 0 unspecified atom stereocenters. The number of fused-ring (bicyclic) bond motifs is 1. The molecule has 0 spiro atoms. The topological polar surface area (TPSA) is 84.2 Å². The highest BCUT2D eigenvalue weighted by molar-refractivity contribution is 5.77. The third-order valence-corrected chi connectivity index (χ3v) is 5.98. The third kappa shape index (κ3) is 3.72. The summed E-state index contributed by atoms with van der Waals surface area (Å²) in [5.74, 6) is 1.19. The van der Waals surface area contributed by atoms with E-state index in [0.717, 1.165) is 24.3 Å². The smallest absolute Gasteiger partial charge is 0.223 e. The van der Waals surface area contributed by atoms with E-state index in [9.17, 15) is 4.79 Å². The number of ether oxygens (including phenoxy) is 1. The lowest BCUT2D eigenvalue weighted by molar-refractivity contribution is -0.130. The van der Waals surface area contributed by atoms with Crippen molar-refractivity contribution in [3.05, 3.63) is 46.8 Å². The van der Waals surface area contributed by atoms with Crippen LogP contribution in [-0.4, -0.2) is 47.2 Å². The van der Waals surface area contributed by atoms with E-state index in [1.54, 1.807) is 7.11 Å². The van der Waals surface area contributed by atoms with Crippen molar-refractivity contribution < 1.29 is 9.53 Å². The van der Waals surface area contributed by atoms with Gasteiger partial charge in [-0.15, -0.1) is 0 Å². The minimum atomic E-state index is -0.0273. The largest absolute Gasteiger partial charge is 0.497 e. The number of likely N-dealkylation sites (tertiary alicyclic amines) is 1. The van der Waals surface area contributed by atoms with Crippen molar-refractivity contribution in [1.29, 1.82) is 0 Å². The van der Waals surface area contributed by atoms with Gasteiger partial charge in [-0.3, -0.25) is 9.89 Å². The number of aryl methyl sites for hydroxylation is 2. The number of nitrogens with one attached hydrogen (secondary N) is 1. The van der Waals surface area contributed by atoms with E-state index in [1.807, 2.05) is 29.2 Å². The number of aromatic nitrogens is 2. The van der Waals surface area contributed by atoms with Crippen molar-refractivity contribution in [2.24, 2.45) is 5.73 Å². The number of hydrogen-bond donors (Lipinski definition) is 2. The third-order valence-electron chi connectivity index (χ3n) is 5.98. The van der Waals surface area contributed by atoms with Crippen molar-refractivity contribution >= 4 is 5.91 Å². The Hall–Kier alpha value is -2.34. The van der Waals surface area contributed by atoms with E-state index in [1.165, 1.54) is 29.7 Å². The van der Waals surface area contributed by atoms with Gasteiger partial charge in [0.2, 0.25) is 5.91 Å². The quantitative estimate of drug-likeness (QED) is 0.847. The van der Waals surface area contributed by atoms with Gasteiger partial charge in [0.25, 0.3) is 0 Å². The van der Waals surface area contributed by atoms with Crippen molar-refractivity contribution in [3.63, 3.8) is 0 Å². The molecule has 3 N–H and O–H groups in total. The molecule has 27 heavy (non-hydrogen) atoms. The molecule has 0 radical (unpaired) electrons. The van der Waals surface area contributed by atoms with Gasteiger partial charge in [-0.25, -0.2) is 0 Å². The van der Waals surface area contributed by atoms with Crippen molar-refractivity contribution in [2.45, 2.75) is 50.5 Å². The number of hydrogen-bond acceptors (Lipinski definition) is 4. The molecule has 1 amide bonds. The fourth-order valence-corrected chi connectivity index (χ4v) is 4.38. The summed E-state index contributed by atoms with van der Waals surface area (Å²) in [4.78, 5) is 14.7. The molecular weight excluding hydrogens is 340 g/mol. The predicted molar refractivity (Wildman–Crippen MR) is 104 cm³/mol. The maximum atomic E-state index is 12.7. The van der Waals surface area contributed by atoms with Crippen LogP contribution in [0.25, 0.3) is 0 Å². The van der Waals surface area contributed by atoms with Gasteiger partial charge in [0.1, 0.15) is 5.75 Å². The fourth-order valence-electron chi connectivity index (χ4n) is 4.38. The Balaban J connectivity index is 1.36. The maximum absolute atomic E-state index is 12.7. The number of rotatable bonds is 5. The van der Waals surface area contributed by atoms with Crippen LogP contribution in [0.5, 0.6) is 5.75 Å². The number of benzene rings is 1. The minimum Gasteiger partial charge on any atom is -0.497 e. The second kappa shape index (κ2) is 7.72. The monoisotopic (exact) mass is 368 g/mol. The highest BCUT2D eigenvalue weighted by Gasteiger charge is 2.33. The van der Waals surface area contributed by atoms with Gasteiger partial charge in [0.15, 0.2) is 0 Å². The number of aromatic amines is 1. The molecule has 6 nitrogen and oxygen atoms in total. The van der Waals surface area contributed by atoms with Gasteiger partial charge in [0, 0.05) is 43.6 Å². The molecule has 2 atom stereocenters. The normalized spacial score (nSPS) is 21.9. The second-order valence-electron chi connectivity index (χ2n) is 7.68. The van der Waals surface area contributed by atoms with Crippen LogP contribution < -0.4 is 10.5 Å².